The number of carboxylic acids is 1. The quantitative estimate of drug-likeness (QED) is 0.364. The average Bonchev–Trinajstić information content (AvgIpc) is 2.25. The van der Waals surface area contributed by atoms with Gasteiger partial charge in [0.05, 0.1) is 4.92 Å². The molecule has 16 heavy (non-hydrogen) atoms. The van der Waals surface area contributed by atoms with Crippen LogP contribution in [0.1, 0.15) is 5.56 Å². The highest BCUT2D eigenvalue weighted by molar-refractivity contribution is 5.80. The number of allylic oxidation sites excluding steroid dienone is 2. The van der Waals surface area contributed by atoms with Gasteiger partial charge in [-0.1, -0.05) is 18.2 Å². The minimum atomic E-state index is -1.02. The van der Waals surface area contributed by atoms with Gasteiger partial charge in [-0.05, 0) is 17.7 Å². The summed E-state index contributed by atoms with van der Waals surface area (Å²) in [5.74, 6) is -1.02. The first-order chi connectivity index (χ1) is 7.59. The molecule has 0 saturated heterocycles. The van der Waals surface area contributed by atoms with E-state index in [2.05, 4.69) is 0 Å². The lowest BCUT2D eigenvalue weighted by molar-refractivity contribution is -0.384. The normalized spacial score (nSPS) is 11.0. The Bertz CT molecular complexity index is 446. The maximum absolute atomic E-state index is 10.4. The fraction of sp³-hybridized carbons (Fsp3) is 0. The van der Waals surface area contributed by atoms with Crippen LogP contribution in [0.4, 0.5) is 5.69 Å². The Morgan fingerprint density at radius 2 is 1.88 bits per heavy atom. The monoisotopic (exact) mass is 219 g/mol. The number of carboxylic acid groups (broad SMARTS) is 1. The van der Waals surface area contributed by atoms with Crippen LogP contribution in [-0.4, -0.2) is 16.0 Å². The lowest BCUT2D eigenvalue weighted by Gasteiger charge is -1.92. The second-order valence-electron chi connectivity index (χ2n) is 2.91. The number of hydrogen-bond donors (Lipinski definition) is 1. The highest BCUT2D eigenvalue weighted by Gasteiger charge is 2.01. The molecule has 5 heteroatoms. The predicted molar refractivity (Wildman–Crippen MR) is 58.9 cm³/mol. The van der Waals surface area contributed by atoms with Crippen LogP contribution in [0, 0.1) is 10.1 Å². The molecule has 0 bridgehead atoms. The molecule has 0 atom stereocenters. The Balaban J connectivity index is 2.69. The fourth-order valence-corrected chi connectivity index (χ4v) is 1.01. The molecular formula is C11H9NO4. The summed E-state index contributed by atoms with van der Waals surface area (Å²) in [5, 5.41) is 18.7. The van der Waals surface area contributed by atoms with E-state index in [1.54, 1.807) is 24.3 Å². The van der Waals surface area contributed by atoms with Crippen molar-refractivity contribution >= 4 is 17.7 Å². The molecule has 5 nitrogen and oxygen atoms in total. The number of carbonyl (C=O) groups is 1. The molecule has 1 N–H and O–H groups in total. The average molecular weight is 219 g/mol. The zero-order valence-electron chi connectivity index (χ0n) is 8.24. The van der Waals surface area contributed by atoms with Crippen molar-refractivity contribution in [3.63, 3.8) is 0 Å². The molecule has 1 rings (SSSR count). The van der Waals surface area contributed by atoms with Crippen LogP contribution < -0.4 is 0 Å². The number of non-ortho nitro benzene ring substituents is 1. The number of aliphatic carboxylic acids is 1. The van der Waals surface area contributed by atoms with Crippen LogP contribution in [-0.2, 0) is 4.79 Å². The summed E-state index contributed by atoms with van der Waals surface area (Å²) in [7, 11) is 0. The first-order valence-corrected chi connectivity index (χ1v) is 4.42. The summed E-state index contributed by atoms with van der Waals surface area (Å²) < 4.78 is 0. The number of rotatable bonds is 4. The third-order valence-corrected chi connectivity index (χ3v) is 1.74. The van der Waals surface area contributed by atoms with Crippen molar-refractivity contribution in [2.24, 2.45) is 0 Å². The Morgan fingerprint density at radius 1 is 1.25 bits per heavy atom. The van der Waals surface area contributed by atoms with Gasteiger partial charge in [0.15, 0.2) is 0 Å². The molecule has 0 saturated carbocycles. The molecule has 0 spiro atoms. The van der Waals surface area contributed by atoms with Crippen LogP contribution in [0.25, 0.3) is 6.08 Å². The first kappa shape index (κ1) is 11.6. The lowest BCUT2D eigenvalue weighted by Crippen LogP contribution is -1.86. The van der Waals surface area contributed by atoms with E-state index in [0.29, 0.717) is 0 Å². The van der Waals surface area contributed by atoms with Crippen molar-refractivity contribution in [2.75, 3.05) is 0 Å². The molecule has 1 aromatic carbocycles. The van der Waals surface area contributed by atoms with Crippen molar-refractivity contribution in [1.29, 1.82) is 0 Å². The molecule has 0 heterocycles. The zero-order valence-corrected chi connectivity index (χ0v) is 8.24. The molecular weight excluding hydrogens is 210 g/mol. The second-order valence-corrected chi connectivity index (χ2v) is 2.91. The molecule has 0 aliphatic heterocycles. The molecule has 0 unspecified atom stereocenters. The first-order valence-electron chi connectivity index (χ1n) is 4.42. The maximum atomic E-state index is 10.4. The Kier molecular flexibility index (Phi) is 3.97. The van der Waals surface area contributed by atoms with E-state index >= 15 is 0 Å². The van der Waals surface area contributed by atoms with E-state index in [-0.39, 0.29) is 5.69 Å². The summed E-state index contributed by atoms with van der Waals surface area (Å²) in [6, 6.07) is 5.95. The molecule has 0 radical (unpaired) electrons. The largest absolute Gasteiger partial charge is 0.478 e. The van der Waals surface area contributed by atoms with Gasteiger partial charge in [0.25, 0.3) is 5.69 Å². The highest BCUT2D eigenvalue weighted by Crippen LogP contribution is 2.12. The molecule has 1 aromatic rings. The van der Waals surface area contributed by atoms with Gasteiger partial charge >= 0.3 is 5.97 Å². The second kappa shape index (κ2) is 5.45. The summed E-state index contributed by atoms with van der Waals surface area (Å²) in [6.07, 6.45) is 5.59. The minimum Gasteiger partial charge on any atom is -0.478 e. The topological polar surface area (TPSA) is 80.4 Å². The van der Waals surface area contributed by atoms with Gasteiger partial charge in [-0.15, -0.1) is 0 Å². The third-order valence-electron chi connectivity index (χ3n) is 1.74. The number of benzene rings is 1. The van der Waals surface area contributed by atoms with Crippen LogP contribution in [0.5, 0.6) is 0 Å². The molecule has 0 amide bonds. The Morgan fingerprint density at radius 3 is 2.38 bits per heavy atom. The van der Waals surface area contributed by atoms with E-state index in [1.807, 2.05) is 0 Å². The number of nitro benzene ring substituents is 1. The van der Waals surface area contributed by atoms with Crippen LogP contribution in [0.3, 0.4) is 0 Å². The predicted octanol–water partition coefficient (Wildman–Crippen LogP) is 2.25. The Hall–Kier alpha value is -2.43. The Labute approximate surface area is 91.5 Å². The van der Waals surface area contributed by atoms with Crippen molar-refractivity contribution in [3.8, 4) is 0 Å². The highest BCUT2D eigenvalue weighted by atomic mass is 16.6. The molecule has 82 valence electrons. The fourth-order valence-electron chi connectivity index (χ4n) is 1.01. The van der Waals surface area contributed by atoms with Crippen molar-refractivity contribution in [1.82, 2.24) is 0 Å². The summed E-state index contributed by atoms with van der Waals surface area (Å²) in [4.78, 5) is 20.0. The van der Waals surface area contributed by atoms with Gasteiger partial charge < -0.3 is 5.11 Å². The van der Waals surface area contributed by atoms with Gasteiger partial charge in [0, 0.05) is 18.2 Å². The minimum absolute atomic E-state index is 0.0261. The summed E-state index contributed by atoms with van der Waals surface area (Å²) in [5.41, 5.74) is 0.791. The molecule has 0 fully saturated rings. The van der Waals surface area contributed by atoms with Gasteiger partial charge in [0.2, 0.25) is 0 Å². The number of hydrogen-bond acceptors (Lipinski definition) is 3. The zero-order chi connectivity index (χ0) is 12.0. The van der Waals surface area contributed by atoms with Crippen LogP contribution in [0.15, 0.2) is 42.5 Å². The molecule has 0 aliphatic rings. The smallest absolute Gasteiger partial charge is 0.328 e. The van der Waals surface area contributed by atoms with Crippen LogP contribution in [0.2, 0.25) is 0 Å². The van der Waals surface area contributed by atoms with E-state index in [0.717, 1.165) is 11.6 Å². The summed E-state index contributed by atoms with van der Waals surface area (Å²) in [6.45, 7) is 0. The van der Waals surface area contributed by atoms with Crippen LogP contribution >= 0.6 is 0 Å². The van der Waals surface area contributed by atoms with Crippen molar-refractivity contribution < 1.29 is 14.8 Å². The lowest BCUT2D eigenvalue weighted by atomic mass is 10.2. The van der Waals surface area contributed by atoms with E-state index < -0.39 is 10.9 Å². The number of nitro groups is 1. The van der Waals surface area contributed by atoms with E-state index in [1.165, 1.54) is 18.2 Å². The van der Waals surface area contributed by atoms with Crippen molar-refractivity contribution in [2.45, 2.75) is 0 Å². The van der Waals surface area contributed by atoms with Gasteiger partial charge in [-0.2, -0.15) is 0 Å². The third kappa shape index (κ3) is 3.75. The summed E-state index contributed by atoms with van der Waals surface area (Å²) >= 11 is 0. The van der Waals surface area contributed by atoms with Crippen molar-refractivity contribution in [3.05, 3.63) is 58.2 Å². The van der Waals surface area contributed by atoms with Gasteiger partial charge in [-0.25, -0.2) is 4.79 Å². The standard InChI is InChI=1S/C11H9NO4/c13-11(14)4-2-1-3-9-5-7-10(8-6-9)12(15)16/h1-8H,(H,13,14). The van der Waals surface area contributed by atoms with E-state index in [4.69, 9.17) is 5.11 Å². The maximum Gasteiger partial charge on any atom is 0.328 e. The van der Waals surface area contributed by atoms with Gasteiger partial charge in [0.1, 0.15) is 0 Å². The molecule has 0 aliphatic carbocycles. The van der Waals surface area contributed by atoms with Gasteiger partial charge in [-0.3, -0.25) is 10.1 Å². The SMILES string of the molecule is O=C(O)C=CC=Cc1ccc([N+](=O)[O-])cc1. The molecule has 0 aromatic heterocycles. The van der Waals surface area contributed by atoms with E-state index in [9.17, 15) is 14.9 Å². The number of nitrogens with zero attached hydrogens (tertiary/aromatic N) is 1.